The third-order valence-electron chi connectivity index (χ3n) is 4.58. The molecule has 0 fully saturated rings. The lowest BCUT2D eigenvalue weighted by Crippen LogP contribution is -2.48. The summed E-state index contributed by atoms with van der Waals surface area (Å²) in [5, 5.41) is 11.3. The van der Waals surface area contributed by atoms with E-state index in [-0.39, 0.29) is 18.5 Å². The summed E-state index contributed by atoms with van der Waals surface area (Å²) in [6.45, 7) is 3.53. The van der Waals surface area contributed by atoms with Crippen molar-refractivity contribution in [3.8, 4) is 0 Å². The van der Waals surface area contributed by atoms with Crippen LogP contribution in [0.1, 0.15) is 18.1 Å². The second kappa shape index (κ2) is 10.3. The van der Waals surface area contributed by atoms with Crippen LogP contribution in [0, 0.1) is 6.92 Å². The topological polar surface area (TPSA) is 87.4 Å². The first kappa shape index (κ1) is 21.2. The van der Waals surface area contributed by atoms with Crippen LogP contribution in [0.2, 0.25) is 0 Å². The van der Waals surface area contributed by atoms with Gasteiger partial charge in [-0.15, -0.1) is 11.8 Å². The minimum absolute atomic E-state index is 0.0254. The Morgan fingerprint density at radius 3 is 2.90 bits per heavy atom. The lowest BCUT2D eigenvalue weighted by atomic mass is 10.1. The molecule has 8 nitrogen and oxygen atoms in total. The molecule has 2 N–H and O–H groups in total. The number of aromatic nitrogens is 3. The molecule has 1 aliphatic heterocycles. The summed E-state index contributed by atoms with van der Waals surface area (Å²) in [6, 6.07) is 10.5. The Labute approximate surface area is 176 Å². The standard InChI is InChI=1S/C20H29N7OS/c1-15-23-18-10-9-16(14-27(18)25-15)24-20(22-13-19(28)26(2)3)21-11-12-29-17-7-5-4-6-8-17/h4-8,16H,9-14H2,1-3H3,(H2,21,22,24). The molecular weight excluding hydrogens is 386 g/mol. The second-order valence-electron chi connectivity index (χ2n) is 7.18. The third kappa shape index (κ3) is 6.49. The molecule has 1 amide bonds. The number of hydrogen-bond acceptors (Lipinski definition) is 5. The third-order valence-corrected chi connectivity index (χ3v) is 5.60. The highest BCUT2D eigenvalue weighted by Crippen LogP contribution is 2.16. The molecule has 9 heteroatoms. The van der Waals surface area contributed by atoms with Gasteiger partial charge in [0.25, 0.3) is 0 Å². The van der Waals surface area contributed by atoms with Crippen LogP contribution in [0.5, 0.6) is 0 Å². The first-order chi connectivity index (χ1) is 14.0. The van der Waals surface area contributed by atoms with Crippen LogP contribution >= 0.6 is 11.8 Å². The average molecular weight is 416 g/mol. The van der Waals surface area contributed by atoms with Crippen molar-refractivity contribution in [2.45, 2.75) is 37.2 Å². The monoisotopic (exact) mass is 415 g/mol. The van der Waals surface area contributed by atoms with Crippen LogP contribution in [-0.4, -0.2) is 70.5 Å². The molecule has 2 heterocycles. The van der Waals surface area contributed by atoms with Crippen LogP contribution < -0.4 is 10.6 Å². The molecule has 1 aliphatic rings. The van der Waals surface area contributed by atoms with Gasteiger partial charge in [0.15, 0.2) is 5.96 Å². The van der Waals surface area contributed by atoms with E-state index in [0.717, 1.165) is 43.3 Å². The lowest BCUT2D eigenvalue weighted by Gasteiger charge is -2.25. The Balaban J connectivity index is 1.55. The molecule has 29 heavy (non-hydrogen) atoms. The molecule has 0 aliphatic carbocycles. The van der Waals surface area contributed by atoms with E-state index >= 15 is 0 Å². The van der Waals surface area contributed by atoms with E-state index in [1.54, 1.807) is 30.8 Å². The van der Waals surface area contributed by atoms with Crippen molar-refractivity contribution in [2.24, 2.45) is 4.99 Å². The van der Waals surface area contributed by atoms with Crippen LogP contribution in [-0.2, 0) is 17.8 Å². The number of fused-ring (bicyclic) bond motifs is 1. The van der Waals surface area contributed by atoms with Crippen molar-refractivity contribution in [3.63, 3.8) is 0 Å². The Morgan fingerprint density at radius 2 is 2.14 bits per heavy atom. The van der Waals surface area contributed by atoms with Crippen LogP contribution in [0.15, 0.2) is 40.2 Å². The summed E-state index contributed by atoms with van der Waals surface area (Å²) in [5.41, 5.74) is 0. The fourth-order valence-electron chi connectivity index (χ4n) is 3.04. The number of aryl methyl sites for hydroxylation is 2. The lowest BCUT2D eigenvalue weighted by molar-refractivity contribution is -0.127. The van der Waals surface area contributed by atoms with Gasteiger partial charge in [-0.1, -0.05) is 18.2 Å². The fourth-order valence-corrected chi connectivity index (χ4v) is 3.83. The van der Waals surface area contributed by atoms with Gasteiger partial charge in [-0.05, 0) is 25.5 Å². The van der Waals surface area contributed by atoms with Gasteiger partial charge in [0, 0.05) is 43.8 Å². The van der Waals surface area contributed by atoms with Gasteiger partial charge in [0.1, 0.15) is 18.2 Å². The summed E-state index contributed by atoms with van der Waals surface area (Å²) in [5.74, 6) is 3.39. The largest absolute Gasteiger partial charge is 0.356 e. The molecule has 1 unspecified atom stereocenters. The molecule has 1 aromatic carbocycles. The minimum atomic E-state index is -0.0254. The number of carbonyl (C=O) groups is 1. The summed E-state index contributed by atoms with van der Waals surface area (Å²) < 4.78 is 1.96. The quantitative estimate of drug-likeness (QED) is 0.307. The predicted octanol–water partition coefficient (Wildman–Crippen LogP) is 1.32. The number of carbonyl (C=O) groups excluding carboxylic acids is 1. The number of thioether (sulfide) groups is 1. The summed E-state index contributed by atoms with van der Waals surface area (Å²) in [4.78, 5) is 23.7. The molecule has 0 spiro atoms. The number of benzene rings is 1. The van der Waals surface area contributed by atoms with Crippen molar-refractivity contribution in [3.05, 3.63) is 42.0 Å². The zero-order valence-corrected chi connectivity index (χ0v) is 18.1. The molecule has 2 aromatic rings. The van der Waals surface area contributed by atoms with Gasteiger partial charge in [-0.2, -0.15) is 5.10 Å². The first-order valence-electron chi connectivity index (χ1n) is 9.84. The zero-order valence-electron chi connectivity index (χ0n) is 17.3. The Hall–Kier alpha value is -2.55. The Bertz CT molecular complexity index is 835. The van der Waals surface area contributed by atoms with Crippen LogP contribution in [0.25, 0.3) is 0 Å². The number of amides is 1. The Kier molecular flexibility index (Phi) is 7.51. The molecule has 3 rings (SSSR count). The van der Waals surface area contributed by atoms with Gasteiger partial charge >= 0.3 is 0 Å². The number of aliphatic imine (C=N–C) groups is 1. The van der Waals surface area contributed by atoms with Crippen molar-refractivity contribution < 1.29 is 4.79 Å². The highest BCUT2D eigenvalue weighted by atomic mass is 32.2. The molecule has 1 atom stereocenters. The van der Waals surface area contributed by atoms with E-state index in [2.05, 4.69) is 37.8 Å². The van der Waals surface area contributed by atoms with Crippen LogP contribution in [0.3, 0.4) is 0 Å². The number of nitrogens with one attached hydrogen (secondary N) is 2. The van der Waals surface area contributed by atoms with E-state index in [9.17, 15) is 4.79 Å². The molecular formula is C20H29N7OS. The summed E-state index contributed by atoms with van der Waals surface area (Å²) in [7, 11) is 3.48. The van der Waals surface area contributed by atoms with Gasteiger partial charge in [-0.25, -0.2) is 14.7 Å². The summed E-state index contributed by atoms with van der Waals surface area (Å²) >= 11 is 1.79. The highest BCUT2D eigenvalue weighted by molar-refractivity contribution is 7.99. The van der Waals surface area contributed by atoms with Gasteiger partial charge in [0.05, 0.1) is 6.54 Å². The highest BCUT2D eigenvalue weighted by Gasteiger charge is 2.21. The second-order valence-corrected chi connectivity index (χ2v) is 8.35. The van der Waals surface area contributed by atoms with Gasteiger partial charge in [-0.3, -0.25) is 4.79 Å². The van der Waals surface area contributed by atoms with Crippen LogP contribution in [0.4, 0.5) is 0 Å². The van der Waals surface area contributed by atoms with E-state index < -0.39 is 0 Å². The molecule has 0 saturated heterocycles. The van der Waals surface area contributed by atoms with Crippen molar-refractivity contribution >= 4 is 23.6 Å². The predicted molar refractivity (Wildman–Crippen MR) is 116 cm³/mol. The zero-order chi connectivity index (χ0) is 20.6. The molecule has 0 radical (unpaired) electrons. The van der Waals surface area contributed by atoms with Gasteiger partial charge in [0.2, 0.25) is 5.91 Å². The van der Waals surface area contributed by atoms with Crippen molar-refractivity contribution in [1.29, 1.82) is 0 Å². The maximum atomic E-state index is 12.0. The van der Waals surface area contributed by atoms with E-state index in [1.165, 1.54) is 4.90 Å². The van der Waals surface area contributed by atoms with Crippen molar-refractivity contribution in [1.82, 2.24) is 30.3 Å². The van der Waals surface area contributed by atoms with Gasteiger partial charge < -0.3 is 15.5 Å². The minimum Gasteiger partial charge on any atom is -0.356 e. The maximum absolute atomic E-state index is 12.0. The van der Waals surface area contributed by atoms with E-state index in [4.69, 9.17) is 0 Å². The number of hydrogen-bond donors (Lipinski definition) is 2. The number of likely N-dealkylation sites (N-methyl/N-ethyl adjacent to an activating group) is 1. The number of rotatable bonds is 7. The van der Waals surface area contributed by atoms with Crippen molar-refractivity contribution in [2.75, 3.05) is 32.9 Å². The Morgan fingerprint density at radius 1 is 1.34 bits per heavy atom. The fraction of sp³-hybridized carbons (Fsp3) is 0.500. The SMILES string of the molecule is Cc1nc2n(n1)CC(NC(=NCC(=O)N(C)C)NCCSc1ccccc1)CC2. The number of nitrogens with zero attached hydrogens (tertiary/aromatic N) is 5. The maximum Gasteiger partial charge on any atom is 0.243 e. The smallest absolute Gasteiger partial charge is 0.243 e. The molecule has 0 saturated carbocycles. The molecule has 1 aromatic heterocycles. The normalized spacial score (nSPS) is 16.2. The molecule has 0 bridgehead atoms. The summed E-state index contributed by atoms with van der Waals surface area (Å²) in [6.07, 6.45) is 1.84. The first-order valence-corrected chi connectivity index (χ1v) is 10.8. The number of guanidine groups is 1. The average Bonchev–Trinajstić information content (AvgIpc) is 3.08. The van der Waals surface area contributed by atoms with E-state index in [0.29, 0.717) is 5.96 Å². The van der Waals surface area contributed by atoms with E-state index in [1.807, 2.05) is 29.8 Å². The molecule has 156 valence electrons.